The maximum Gasteiger partial charge on any atom is 0.143 e. The molecule has 0 amide bonds. The first-order valence-corrected chi connectivity index (χ1v) is 12.3. The Kier molecular flexibility index (Phi) is 5.03. The monoisotopic (exact) mass is 398 g/mol. The molecule has 0 N–H and O–H groups in total. The second-order valence-electron chi connectivity index (χ2n) is 12.5. The van der Waals surface area contributed by atoms with Crippen molar-refractivity contribution in [2.45, 2.75) is 85.4 Å². The molecular formula is C27H46N2+2. The normalized spacial score (nSPS) is 43.3. The number of benzene rings is 1. The first kappa shape index (κ1) is 21.4. The summed E-state index contributed by atoms with van der Waals surface area (Å²) in [4.78, 5) is 0. The predicted molar refractivity (Wildman–Crippen MR) is 124 cm³/mol. The molecule has 29 heavy (non-hydrogen) atoms. The molecule has 0 spiro atoms. The summed E-state index contributed by atoms with van der Waals surface area (Å²) >= 11 is 0. The number of hydrogen-bond donors (Lipinski definition) is 0. The lowest BCUT2D eigenvalue weighted by Gasteiger charge is -2.56. The van der Waals surface area contributed by atoms with Crippen LogP contribution >= 0.6 is 0 Å². The summed E-state index contributed by atoms with van der Waals surface area (Å²) in [6, 6.07) is 8.11. The maximum atomic E-state index is 2.65. The second-order valence-corrected chi connectivity index (χ2v) is 12.5. The smallest absolute Gasteiger partial charge is 0.143 e. The van der Waals surface area contributed by atoms with Crippen molar-refractivity contribution < 1.29 is 8.97 Å². The summed E-state index contributed by atoms with van der Waals surface area (Å²) < 4.78 is 2.56. The Morgan fingerprint density at radius 2 is 1.79 bits per heavy atom. The minimum Gasteiger partial charge on any atom is -0.316 e. The fraction of sp³-hybridized carbons (Fsp3) is 0.778. The molecule has 4 rings (SSSR count). The van der Waals surface area contributed by atoms with Crippen LogP contribution in [0.4, 0.5) is 0 Å². The van der Waals surface area contributed by atoms with Crippen LogP contribution in [0.5, 0.6) is 0 Å². The molecule has 1 aliphatic carbocycles. The average molecular weight is 399 g/mol. The summed E-state index contributed by atoms with van der Waals surface area (Å²) in [6.07, 6.45) is 5.17. The van der Waals surface area contributed by atoms with Crippen molar-refractivity contribution in [1.29, 1.82) is 0 Å². The van der Waals surface area contributed by atoms with Crippen molar-refractivity contribution in [3.63, 3.8) is 0 Å². The molecule has 2 bridgehead atoms. The molecule has 1 aromatic carbocycles. The third-order valence-electron chi connectivity index (χ3n) is 9.58. The van der Waals surface area contributed by atoms with E-state index in [1.807, 2.05) is 0 Å². The zero-order chi connectivity index (χ0) is 21.2. The van der Waals surface area contributed by atoms with Gasteiger partial charge < -0.3 is 8.97 Å². The molecule has 0 radical (unpaired) electrons. The molecule has 1 saturated carbocycles. The first-order chi connectivity index (χ1) is 13.5. The zero-order valence-electron chi connectivity index (χ0n) is 20.5. The Bertz CT molecular complexity index is 785. The molecule has 3 aliphatic rings. The van der Waals surface area contributed by atoms with Crippen molar-refractivity contribution in [1.82, 2.24) is 0 Å². The predicted octanol–water partition coefficient (Wildman–Crippen LogP) is 5.43. The standard InChI is InChI=1S/C27H46N2/c1-9-21-11-12-22(10-2)23(13-21)16-28(7)19-26(5)18-27(6)14-24(26)25(28)17-29(27,8)15-20(3)4/h11-13,20,24-25H,9-10,14-19H2,1-8H3/q+2. The molecule has 6 unspecified atom stereocenters. The Labute approximate surface area is 180 Å². The molecule has 162 valence electrons. The summed E-state index contributed by atoms with van der Waals surface area (Å²) in [5.41, 5.74) is 5.72. The topological polar surface area (TPSA) is 0 Å². The van der Waals surface area contributed by atoms with Crippen molar-refractivity contribution in [3.05, 3.63) is 34.9 Å². The van der Waals surface area contributed by atoms with E-state index in [-0.39, 0.29) is 0 Å². The van der Waals surface area contributed by atoms with E-state index in [0.717, 1.165) is 30.7 Å². The Balaban J connectivity index is 1.70. The molecular weight excluding hydrogens is 352 g/mol. The van der Waals surface area contributed by atoms with Crippen LogP contribution in [0.15, 0.2) is 18.2 Å². The Morgan fingerprint density at radius 1 is 1.07 bits per heavy atom. The van der Waals surface area contributed by atoms with Gasteiger partial charge in [-0.15, -0.1) is 0 Å². The third-order valence-corrected chi connectivity index (χ3v) is 9.58. The fourth-order valence-electron chi connectivity index (χ4n) is 8.37. The molecule has 2 nitrogen and oxygen atoms in total. The molecule has 2 heteroatoms. The summed E-state index contributed by atoms with van der Waals surface area (Å²) in [5, 5.41) is 0. The van der Waals surface area contributed by atoms with Crippen molar-refractivity contribution in [3.8, 4) is 0 Å². The number of fused-ring (bicyclic) bond motifs is 1. The largest absolute Gasteiger partial charge is 0.316 e. The van der Waals surface area contributed by atoms with Gasteiger partial charge >= 0.3 is 0 Å². The lowest BCUT2D eigenvalue weighted by molar-refractivity contribution is -1.02. The van der Waals surface area contributed by atoms with Gasteiger partial charge in [0.2, 0.25) is 0 Å². The van der Waals surface area contributed by atoms with Gasteiger partial charge in [-0.1, -0.05) is 46.8 Å². The Hall–Kier alpha value is -0.860. The SMILES string of the molecule is CCc1ccc(CC)c(C[N+]2(C)CC3(C)CC4(C)CC3C2C[N+]4(C)CC(C)C)c1. The molecule has 2 aliphatic heterocycles. The summed E-state index contributed by atoms with van der Waals surface area (Å²) in [5.74, 6) is 1.68. The highest BCUT2D eigenvalue weighted by Gasteiger charge is 2.73. The minimum atomic E-state index is 0.488. The van der Waals surface area contributed by atoms with Gasteiger partial charge in [0.25, 0.3) is 0 Å². The molecule has 2 saturated heterocycles. The van der Waals surface area contributed by atoms with Crippen LogP contribution in [0, 0.1) is 17.3 Å². The van der Waals surface area contributed by atoms with Gasteiger partial charge in [0.05, 0.1) is 32.7 Å². The fourth-order valence-corrected chi connectivity index (χ4v) is 8.37. The van der Waals surface area contributed by atoms with Gasteiger partial charge in [0.1, 0.15) is 19.1 Å². The van der Waals surface area contributed by atoms with E-state index < -0.39 is 0 Å². The number of rotatable bonds is 6. The van der Waals surface area contributed by atoms with Gasteiger partial charge in [-0.25, -0.2) is 0 Å². The zero-order valence-corrected chi connectivity index (χ0v) is 20.5. The number of likely N-dealkylation sites (tertiary alicyclic amines) is 2. The van der Waals surface area contributed by atoms with Crippen LogP contribution in [0.3, 0.4) is 0 Å². The van der Waals surface area contributed by atoms with Crippen LogP contribution in [0.2, 0.25) is 0 Å². The highest BCUT2D eigenvalue weighted by atomic mass is 15.5. The lowest BCUT2D eigenvalue weighted by atomic mass is 9.80. The molecule has 1 aromatic rings. The number of quaternary nitrogens is 2. The molecule has 0 aromatic heterocycles. The van der Waals surface area contributed by atoms with Gasteiger partial charge in [0, 0.05) is 35.7 Å². The second kappa shape index (κ2) is 6.82. The number of hydrogen-bond acceptors (Lipinski definition) is 0. The highest BCUT2D eigenvalue weighted by molar-refractivity contribution is 5.32. The first-order valence-electron chi connectivity index (χ1n) is 12.3. The van der Waals surface area contributed by atoms with E-state index >= 15 is 0 Å². The number of piperidine rings is 1. The van der Waals surface area contributed by atoms with Crippen LogP contribution in [-0.4, -0.2) is 54.3 Å². The molecule has 3 fully saturated rings. The lowest BCUT2D eigenvalue weighted by Crippen LogP contribution is -2.70. The van der Waals surface area contributed by atoms with E-state index in [0.29, 0.717) is 11.0 Å². The maximum absolute atomic E-state index is 2.65. The van der Waals surface area contributed by atoms with Gasteiger partial charge in [-0.05, 0) is 37.0 Å². The number of aryl methyl sites for hydroxylation is 2. The van der Waals surface area contributed by atoms with Gasteiger partial charge in [0.15, 0.2) is 0 Å². The van der Waals surface area contributed by atoms with E-state index in [2.05, 4.69) is 73.8 Å². The third kappa shape index (κ3) is 3.21. The van der Waals surface area contributed by atoms with E-state index in [1.54, 1.807) is 11.1 Å². The van der Waals surface area contributed by atoms with Crippen LogP contribution < -0.4 is 0 Å². The molecule has 6 atom stereocenters. The van der Waals surface area contributed by atoms with Gasteiger partial charge in [-0.3, -0.25) is 0 Å². The van der Waals surface area contributed by atoms with Crippen LogP contribution in [0.1, 0.15) is 71.1 Å². The summed E-state index contributed by atoms with van der Waals surface area (Å²) in [7, 11) is 5.20. The van der Waals surface area contributed by atoms with Crippen molar-refractivity contribution in [2.24, 2.45) is 17.3 Å². The van der Waals surface area contributed by atoms with Gasteiger partial charge in [-0.2, -0.15) is 0 Å². The average Bonchev–Trinajstić information content (AvgIpc) is 2.96. The van der Waals surface area contributed by atoms with Crippen molar-refractivity contribution in [2.75, 3.05) is 33.7 Å². The summed E-state index contributed by atoms with van der Waals surface area (Å²) in [6.45, 7) is 20.0. The quantitative estimate of drug-likeness (QED) is 0.560. The van der Waals surface area contributed by atoms with Crippen LogP contribution in [0.25, 0.3) is 0 Å². The van der Waals surface area contributed by atoms with E-state index in [4.69, 9.17) is 0 Å². The number of nitrogens with zero attached hydrogens (tertiary/aromatic N) is 2. The van der Waals surface area contributed by atoms with E-state index in [1.165, 1.54) is 53.6 Å². The number of likely N-dealkylation sites (N-methyl/N-ethyl adjacent to an activating group) is 2. The van der Waals surface area contributed by atoms with E-state index in [9.17, 15) is 0 Å². The van der Waals surface area contributed by atoms with Crippen LogP contribution in [-0.2, 0) is 19.4 Å². The molecule has 2 heterocycles. The van der Waals surface area contributed by atoms with Crippen molar-refractivity contribution >= 4 is 0 Å². The highest BCUT2D eigenvalue weighted by Crippen LogP contribution is 2.64. The minimum absolute atomic E-state index is 0.488. The Morgan fingerprint density at radius 3 is 2.41 bits per heavy atom.